The second-order valence-corrected chi connectivity index (χ2v) is 11.3. The Morgan fingerprint density at radius 2 is 1.54 bits per heavy atom. The van der Waals surface area contributed by atoms with Gasteiger partial charge in [0.05, 0.1) is 5.52 Å². The molecule has 182 valence electrons. The van der Waals surface area contributed by atoms with E-state index in [1.54, 1.807) is 11.1 Å². The summed E-state index contributed by atoms with van der Waals surface area (Å²) in [7, 11) is 1.97. The second-order valence-electron chi connectivity index (χ2n) is 11.3. The van der Waals surface area contributed by atoms with Gasteiger partial charge in [-0.2, -0.15) is 0 Å². The molecule has 1 aliphatic carbocycles. The number of carbonyl (C=O) groups excluding carboxylic acids is 1. The molecular weight excluding hydrogens is 430 g/mol. The van der Waals surface area contributed by atoms with Gasteiger partial charge in [0.2, 0.25) is 0 Å². The Morgan fingerprint density at radius 1 is 0.886 bits per heavy atom. The molecule has 4 heteroatoms. The van der Waals surface area contributed by atoms with Gasteiger partial charge in [-0.1, -0.05) is 36.4 Å². The highest BCUT2D eigenvalue weighted by Crippen LogP contribution is 2.53. The zero-order valence-electron chi connectivity index (χ0n) is 21.3. The normalized spacial score (nSPS) is 25.7. The number of amides is 1. The van der Waals surface area contributed by atoms with Crippen molar-refractivity contribution >= 4 is 16.8 Å². The number of nitrogens with zero attached hydrogens (tertiary/aromatic N) is 3. The highest BCUT2D eigenvalue weighted by Gasteiger charge is 2.44. The number of aryl methyl sites for hydroxylation is 2. The fourth-order valence-corrected chi connectivity index (χ4v) is 7.11. The molecular formula is C31H37N3O. The van der Waals surface area contributed by atoms with Crippen LogP contribution >= 0.6 is 0 Å². The molecule has 2 aliphatic heterocycles. The molecule has 0 N–H and O–H groups in total. The van der Waals surface area contributed by atoms with Gasteiger partial charge in [-0.25, -0.2) is 0 Å². The van der Waals surface area contributed by atoms with Gasteiger partial charge in [0.1, 0.15) is 0 Å². The number of hydrogen-bond acceptors (Lipinski definition) is 3. The van der Waals surface area contributed by atoms with Gasteiger partial charge < -0.3 is 4.90 Å². The van der Waals surface area contributed by atoms with Crippen LogP contribution in [0.3, 0.4) is 0 Å². The van der Waals surface area contributed by atoms with E-state index in [9.17, 15) is 4.79 Å². The number of rotatable bonds is 5. The van der Waals surface area contributed by atoms with E-state index in [0.29, 0.717) is 18.0 Å². The van der Waals surface area contributed by atoms with Crippen LogP contribution in [0.1, 0.15) is 83.4 Å². The van der Waals surface area contributed by atoms with Crippen molar-refractivity contribution in [2.24, 2.45) is 11.8 Å². The Hall–Kier alpha value is -2.72. The Balaban J connectivity index is 1.06. The Labute approximate surface area is 209 Å². The van der Waals surface area contributed by atoms with Crippen LogP contribution < -0.4 is 0 Å². The van der Waals surface area contributed by atoms with Gasteiger partial charge in [0.25, 0.3) is 5.91 Å². The molecule has 0 spiro atoms. The number of fused-ring (bicyclic) bond motifs is 6. The van der Waals surface area contributed by atoms with Gasteiger partial charge in [0, 0.05) is 48.9 Å². The van der Waals surface area contributed by atoms with Crippen molar-refractivity contribution in [1.82, 2.24) is 14.8 Å². The van der Waals surface area contributed by atoms with Crippen LogP contribution in [-0.4, -0.2) is 40.8 Å². The summed E-state index contributed by atoms with van der Waals surface area (Å²) in [4.78, 5) is 22.9. The minimum atomic E-state index is 0.120. The monoisotopic (exact) mass is 467 g/mol. The minimum Gasteiger partial charge on any atom is -0.341 e. The van der Waals surface area contributed by atoms with Crippen molar-refractivity contribution in [3.8, 4) is 0 Å². The van der Waals surface area contributed by atoms with Crippen LogP contribution in [0.4, 0.5) is 0 Å². The summed E-state index contributed by atoms with van der Waals surface area (Å²) in [6.45, 7) is 6.16. The summed E-state index contributed by atoms with van der Waals surface area (Å²) in [5.74, 6) is 1.51. The first kappa shape index (κ1) is 22.7. The lowest BCUT2D eigenvalue weighted by atomic mass is 9.81. The molecule has 2 fully saturated rings. The van der Waals surface area contributed by atoms with Crippen molar-refractivity contribution in [3.63, 3.8) is 0 Å². The third-order valence-corrected chi connectivity index (χ3v) is 8.97. The lowest BCUT2D eigenvalue weighted by Crippen LogP contribution is -2.35. The standard InChI is InChI=1S/C31H37N3O/c1-20-8-14-27(26-15-9-21(2)32-30(20)26)31(35)33(3)18-22-10-12-23(13-11-22)19-34-28-16-17-29(34)25-7-5-4-6-24(25)28/h4-9,14-15,22-23,28-29H,10-13,16-19H2,1-3H3. The fraction of sp³-hybridized carbons (Fsp3) is 0.484. The van der Waals surface area contributed by atoms with E-state index in [4.69, 9.17) is 4.98 Å². The quantitative estimate of drug-likeness (QED) is 0.423. The van der Waals surface area contributed by atoms with Crippen LogP contribution in [0.5, 0.6) is 0 Å². The third-order valence-electron chi connectivity index (χ3n) is 8.97. The molecule has 3 heterocycles. The van der Waals surface area contributed by atoms with E-state index in [2.05, 4.69) is 42.2 Å². The summed E-state index contributed by atoms with van der Waals surface area (Å²) in [5.41, 5.74) is 7.01. The van der Waals surface area contributed by atoms with Crippen LogP contribution in [-0.2, 0) is 0 Å². The largest absolute Gasteiger partial charge is 0.341 e. The Bertz CT molecular complexity index is 1230. The van der Waals surface area contributed by atoms with E-state index < -0.39 is 0 Å². The minimum absolute atomic E-state index is 0.120. The first-order valence-electron chi connectivity index (χ1n) is 13.5. The van der Waals surface area contributed by atoms with E-state index >= 15 is 0 Å². The van der Waals surface area contributed by atoms with E-state index in [1.165, 1.54) is 45.1 Å². The number of hydrogen-bond donors (Lipinski definition) is 0. The van der Waals surface area contributed by atoms with Crippen molar-refractivity contribution in [2.45, 2.75) is 64.5 Å². The van der Waals surface area contributed by atoms with E-state index in [-0.39, 0.29) is 5.91 Å². The molecule has 3 aliphatic rings. The molecule has 1 amide bonds. The topological polar surface area (TPSA) is 36.4 Å². The zero-order valence-corrected chi connectivity index (χ0v) is 21.3. The average Bonchev–Trinajstić information content (AvgIpc) is 3.41. The number of pyridine rings is 1. The van der Waals surface area contributed by atoms with Crippen molar-refractivity contribution < 1.29 is 4.79 Å². The molecule has 35 heavy (non-hydrogen) atoms. The SMILES string of the molecule is Cc1ccc2c(C(=O)N(C)CC3CCC(CN4C5CCC4c4ccccc45)CC3)ccc(C)c2n1. The molecule has 0 radical (unpaired) electrons. The Morgan fingerprint density at radius 3 is 2.23 bits per heavy atom. The molecule has 2 aromatic carbocycles. The molecule has 1 saturated carbocycles. The van der Waals surface area contributed by atoms with E-state index in [0.717, 1.165) is 40.2 Å². The maximum atomic E-state index is 13.4. The van der Waals surface area contributed by atoms with Gasteiger partial charge in [-0.3, -0.25) is 14.7 Å². The van der Waals surface area contributed by atoms with Crippen molar-refractivity contribution in [3.05, 3.63) is 76.5 Å². The third kappa shape index (κ3) is 4.06. The molecule has 3 aromatic rings. The predicted octanol–water partition coefficient (Wildman–Crippen LogP) is 6.62. The van der Waals surface area contributed by atoms with Crippen molar-refractivity contribution in [1.29, 1.82) is 0 Å². The van der Waals surface area contributed by atoms with Crippen LogP contribution in [0.25, 0.3) is 10.9 Å². The Kier molecular flexibility index (Phi) is 5.88. The fourth-order valence-electron chi connectivity index (χ4n) is 7.11. The van der Waals surface area contributed by atoms with Crippen LogP contribution in [0, 0.1) is 25.7 Å². The highest BCUT2D eigenvalue weighted by molar-refractivity contribution is 6.06. The van der Waals surface area contributed by atoms with E-state index in [1.807, 2.05) is 37.1 Å². The number of carbonyl (C=O) groups is 1. The predicted molar refractivity (Wildman–Crippen MR) is 141 cm³/mol. The zero-order chi connectivity index (χ0) is 24.1. The lowest BCUT2D eigenvalue weighted by Gasteiger charge is -2.34. The average molecular weight is 468 g/mol. The first-order valence-corrected chi connectivity index (χ1v) is 13.5. The molecule has 2 bridgehead atoms. The van der Waals surface area contributed by atoms with Crippen LogP contribution in [0.15, 0.2) is 48.5 Å². The number of benzene rings is 2. The molecule has 2 atom stereocenters. The molecule has 6 rings (SSSR count). The van der Waals surface area contributed by atoms with Gasteiger partial charge in [-0.15, -0.1) is 0 Å². The number of aromatic nitrogens is 1. The summed E-state index contributed by atoms with van der Waals surface area (Å²) >= 11 is 0. The second kappa shape index (κ2) is 9.05. The molecule has 1 saturated heterocycles. The maximum Gasteiger partial charge on any atom is 0.254 e. The van der Waals surface area contributed by atoms with Crippen molar-refractivity contribution in [2.75, 3.05) is 20.1 Å². The summed E-state index contributed by atoms with van der Waals surface area (Å²) in [6.07, 6.45) is 7.69. The molecule has 1 aromatic heterocycles. The summed E-state index contributed by atoms with van der Waals surface area (Å²) in [6, 6.07) is 18.5. The van der Waals surface area contributed by atoms with Gasteiger partial charge in [-0.05, 0) is 93.0 Å². The maximum absolute atomic E-state index is 13.4. The summed E-state index contributed by atoms with van der Waals surface area (Å²) in [5, 5.41) is 0.970. The lowest BCUT2D eigenvalue weighted by molar-refractivity contribution is 0.0745. The molecule has 2 unspecified atom stereocenters. The smallest absolute Gasteiger partial charge is 0.254 e. The first-order chi connectivity index (χ1) is 17.0. The van der Waals surface area contributed by atoms with Gasteiger partial charge in [0.15, 0.2) is 0 Å². The molecule has 4 nitrogen and oxygen atoms in total. The van der Waals surface area contributed by atoms with Crippen LogP contribution in [0.2, 0.25) is 0 Å². The highest BCUT2D eigenvalue weighted by atomic mass is 16.2. The van der Waals surface area contributed by atoms with Gasteiger partial charge >= 0.3 is 0 Å². The summed E-state index contributed by atoms with van der Waals surface area (Å²) < 4.78 is 0.